The van der Waals surface area contributed by atoms with Gasteiger partial charge < -0.3 is 10.8 Å². The first-order chi connectivity index (χ1) is 6.00. The number of hydrogen-bond acceptors (Lipinski definition) is 2. The molecule has 2 unspecified atom stereocenters. The van der Waals surface area contributed by atoms with Crippen LogP contribution in [-0.4, -0.2) is 11.2 Å². The summed E-state index contributed by atoms with van der Waals surface area (Å²) in [6.45, 7) is 1.47. The maximum absolute atomic E-state index is 12.7. The molecule has 1 aromatic carbocycles. The lowest BCUT2D eigenvalue weighted by Crippen LogP contribution is -2.23. The molecule has 0 aliphatic carbocycles. The molecule has 3 N–H and O–H groups in total. The first-order valence-electron chi connectivity index (χ1n) is 3.90. The van der Waals surface area contributed by atoms with E-state index in [1.54, 1.807) is 0 Å². The van der Waals surface area contributed by atoms with E-state index in [-0.39, 0.29) is 5.56 Å². The van der Waals surface area contributed by atoms with Gasteiger partial charge in [0.25, 0.3) is 0 Å². The summed E-state index contributed by atoms with van der Waals surface area (Å²) >= 11 is 0. The van der Waals surface area contributed by atoms with E-state index < -0.39 is 23.8 Å². The highest BCUT2D eigenvalue weighted by Crippen LogP contribution is 2.16. The van der Waals surface area contributed by atoms with Crippen LogP contribution in [0.5, 0.6) is 0 Å². The monoisotopic (exact) mass is 187 g/mol. The Morgan fingerprint density at radius 1 is 1.23 bits per heavy atom. The molecule has 1 aromatic rings. The highest BCUT2D eigenvalue weighted by molar-refractivity contribution is 5.21. The summed E-state index contributed by atoms with van der Waals surface area (Å²) in [4.78, 5) is 0. The van der Waals surface area contributed by atoms with Gasteiger partial charge in [-0.05, 0) is 24.6 Å². The molecule has 72 valence electrons. The van der Waals surface area contributed by atoms with Crippen LogP contribution in [0.15, 0.2) is 18.2 Å². The Bertz CT molecular complexity index is 281. The standard InChI is InChI=1S/C9H11F2NO/c1-5(13)9(12)6-2-7(10)4-8(11)3-6/h2-5,9,13H,12H2,1H3. The number of rotatable bonds is 2. The van der Waals surface area contributed by atoms with Crippen LogP contribution in [0.3, 0.4) is 0 Å². The molecule has 13 heavy (non-hydrogen) atoms. The Morgan fingerprint density at radius 2 is 1.69 bits per heavy atom. The van der Waals surface area contributed by atoms with E-state index in [0.717, 1.165) is 18.2 Å². The topological polar surface area (TPSA) is 46.2 Å². The Labute approximate surface area is 75.0 Å². The predicted molar refractivity (Wildman–Crippen MR) is 45.0 cm³/mol. The van der Waals surface area contributed by atoms with Gasteiger partial charge in [0.15, 0.2) is 0 Å². The third-order valence-electron chi connectivity index (χ3n) is 1.79. The van der Waals surface area contributed by atoms with Crippen LogP contribution in [0, 0.1) is 11.6 Å². The summed E-state index contributed by atoms with van der Waals surface area (Å²) in [5.74, 6) is -1.38. The molecule has 0 heterocycles. The van der Waals surface area contributed by atoms with E-state index in [0.29, 0.717) is 0 Å². The normalized spacial score (nSPS) is 15.5. The van der Waals surface area contributed by atoms with Gasteiger partial charge in [-0.25, -0.2) is 8.78 Å². The van der Waals surface area contributed by atoms with Crippen molar-refractivity contribution in [2.24, 2.45) is 5.73 Å². The van der Waals surface area contributed by atoms with Crippen molar-refractivity contribution >= 4 is 0 Å². The molecule has 0 spiro atoms. The van der Waals surface area contributed by atoms with E-state index in [1.807, 2.05) is 0 Å². The van der Waals surface area contributed by atoms with Crippen LogP contribution in [0.4, 0.5) is 8.78 Å². The predicted octanol–water partition coefficient (Wildman–Crippen LogP) is 1.35. The smallest absolute Gasteiger partial charge is 0.126 e. The second-order valence-electron chi connectivity index (χ2n) is 2.97. The van der Waals surface area contributed by atoms with Crippen molar-refractivity contribution in [2.45, 2.75) is 19.1 Å². The van der Waals surface area contributed by atoms with Crippen LogP contribution in [0.1, 0.15) is 18.5 Å². The number of benzene rings is 1. The van der Waals surface area contributed by atoms with Crippen molar-refractivity contribution in [3.8, 4) is 0 Å². The van der Waals surface area contributed by atoms with E-state index >= 15 is 0 Å². The highest BCUT2D eigenvalue weighted by atomic mass is 19.1. The zero-order valence-electron chi connectivity index (χ0n) is 7.17. The van der Waals surface area contributed by atoms with Crippen molar-refractivity contribution < 1.29 is 13.9 Å². The molecule has 0 aromatic heterocycles. The van der Waals surface area contributed by atoms with Gasteiger partial charge in [0.1, 0.15) is 11.6 Å². The number of nitrogens with two attached hydrogens (primary N) is 1. The summed E-state index contributed by atoms with van der Waals surface area (Å²) in [6.07, 6.45) is -0.832. The van der Waals surface area contributed by atoms with Gasteiger partial charge >= 0.3 is 0 Å². The third-order valence-corrected chi connectivity index (χ3v) is 1.79. The first kappa shape index (κ1) is 10.1. The van der Waals surface area contributed by atoms with Crippen molar-refractivity contribution in [1.29, 1.82) is 0 Å². The lowest BCUT2D eigenvalue weighted by Gasteiger charge is -2.14. The molecule has 2 atom stereocenters. The molecular formula is C9H11F2NO. The van der Waals surface area contributed by atoms with Gasteiger partial charge in [0.2, 0.25) is 0 Å². The summed E-state index contributed by atoms with van der Waals surface area (Å²) in [6, 6.07) is 2.23. The van der Waals surface area contributed by atoms with Gasteiger partial charge in [-0.1, -0.05) is 0 Å². The molecule has 0 bridgehead atoms. The van der Waals surface area contributed by atoms with E-state index in [4.69, 9.17) is 10.8 Å². The lowest BCUT2D eigenvalue weighted by molar-refractivity contribution is 0.164. The van der Waals surface area contributed by atoms with E-state index in [1.165, 1.54) is 6.92 Å². The molecule has 1 rings (SSSR count). The van der Waals surface area contributed by atoms with Gasteiger partial charge in [-0.15, -0.1) is 0 Å². The zero-order valence-corrected chi connectivity index (χ0v) is 7.17. The molecule has 0 radical (unpaired) electrons. The molecule has 0 aliphatic heterocycles. The highest BCUT2D eigenvalue weighted by Gasteiger charge is 2.13. The second-order valence-corrected chi connectivity index (χ2v) is 2.97. The zero-order chi connectivity index (χ0) is 10.0. The van der Waals surface area contributed by atoms with Crippen LogP contribution in [0.2, 0.25) is 0 Å². The molecule has 0 saturated carbocycles. The third kappa shape index (κ3) is 2.47. The SMILES string of the molecule is CC(O)C(N)c1cc(F)cc(F)c1. The van der Waals surface area contributed by atoms with Crippen LogP contribution < -0.4 is 5.73 Å². The fraction of sp³-hybridized carbons (Fsp3) is 0.333. The Morgan fingerprint density at radius 3 is 2.08 bits per heavy atom. The van der Waals surface area contributed by atoms with Crippen LogP contribution >= 0.6 is 0 Å². The van der Waals surface area contributed by atoms with Crippen molar-refractivity contribution in [1.82, 2.24) is 0 Å². The number of hydrogen-bond donors (Lipinski definition) is 2. The first-order valence-corrected chi connectivity index (χ1v) is 3.90. The molecule has 0 fully saturated rings. The van der Waals surface area contributed by atoms with Gasteiger partial charge in [-0.3, -0.25) is 0 Å². The lowest BCUT2D eigenvalue weighted by atomic mass is 10.0. The van der Waals surface area contributed by atoms with E-state index in [9.17, 15) is 8.78 Å². The number of aliphatic hydroxyl groups excluding tert-OH is 1. The van der Waals surface area contributed by atoms with Gasteiger partial charge in [-0.2, -0.15) is 0 Å². The summed E-state index contributed by atoms with van der Waals surface area (Å²) in [7, 11) is 0. The Kier molecular flexibility index (Phi) is 2.95. The minimum Gasteiger partial charge on any atom is -0.391 e. The summed E-state index contributed by atoms with van der Waals surface area (Å²) < 4.78 is 25.3. The maximum Gasteiger partial charge on any atom is 0.126 e. The summed E-state index contributed by atoms with van der Waals surface area (Å²) in [5, 5.41) is 9.09. The number of aliphatic hydroxyl groups is 1. The number of halogens is 2. The molecule has 0 aliphatic rings. The molecule has 2 nitrogen and oxygen atoms in total. The maximum atomic E-state index is 12.7. The van der Waals surface area contributed by atoms with Gasteiger partial charge in [0.05, 0.1) is 12.1 Å². The Balaban J connectivity index is 3.01. The summed E-state index contributed by atoms with van der Waals surface area (Å²) in [5.41, 5.74) is 5.75. The minimum absolute atomic E-state index is 0.257. The quantitative estimate of drug-likeness (QED) is 0.734. The minimum atomic E-state index is -0.832. The fourth-order valence-electron chi connectivity index (χ4n) is 1.05. The average Bonchev–Trinajstić information content (AvgIpc) is 2.01. The fourth-order valence-corrected chi connectivity index (χ4v) is 1.05. The van der Waals surface area contributed by atoms with Crippen molar-refractivity contribution in [3.63, 3.8) is 0 Å². The van der Waals surface area contributed by atoms with Crippen molar-refractivity contribution in [2.75, 3.05) is 0 Å². The van der Waals surface area contributed by atoms with E-state index in [2.05, 4.69) is 0 Å². The van der Waals surface area contributed by atoms with Crippen molar-refractivity contribution in [3.05, 3.63) is 35.4 Å². The van der Waals surface area contributed by atoms with Crippen LogP contribution in [0.25, 0.3) is 0 Å². The van der Waals surface area contributed by atoms with Crippen LogP contribution in [-0.2, 0) is 0 Å². The second kappa shape index (κ2) is 3.81. The molecule has 0 amide bonds. The van der Waals surface area contributed by atoms with Gasteiger partial charge in [0, 0.05) is 6.07 Å². The largest absolute Gasteiger partial charge is 0.391 e. The molecular weight excluding hydrogens is 176 g/mol. The molecule has 4 heteroatoms. The Hall–Kier alpha value is -1.00. The average molecular weight is 187 g/mol. The molecule has 0 saturated heterocycles.